The Morgan fingerprint density at radius 1 is 1.25 bits per heavy atom. The van der Waals surface area contributed by atoms with Gasteiger partial charge in [-0.1, -0.05) is 6.07 Å². The van der Waals surface area contributed by atoms with E-state index in [1.165, 1.54) is 6.26 Å². The second-order valence-corrected chi connectivity index (χ2v) is 6.43. The van der Waals surface area contributed by atoms with Crippen molar-refractivity contribution in [2.24, 2.45) is 0 Å². The maximum atomic E-state index is 12.7. The standard InChI is InChI=1S/C20H20N4O4/c1-2-27-20(26)18-15-13-23(19(25)17-7-5-11-28-17)10-8-16(15)24(22-18)12-14-6-3-4-9-21-14/h3-7,9,11H,2,8,10,12-13H2,1H3. The summed E-state index contributed by atoms with van der Waals surface area (Å²) < 4.78 is 12.2. The van der Waals surface area contributed by atoms with Crippen LogP contribution in [0.2, 0.25) is 0 Å². The third kappa shape index (κ3) is 3.40. The van der Waals surface area contributed by atoms with Crippen molar-refractivity contribution < 1.29 is 18.7 Å². The van der Waals surface area contributed by atoms with Crippen molar-refractivity contribution >= 4 is 11.9 Å². The molecule has 3 aromatic heterocycles. The van der Waals surface area contributed by atoms with Crippen LogP contribution in [0.25, 0.3) is 0 Å². The van der Waals surface area contributed by atoms with Crippen LogP contribution in [0, 0.1) is 0 Å². The van der Waals surface area contributed by atoms with Gasteiger partial charge < -0.3 is 14.1 Å². The number of furan rings is 1. The van der Waals surface area contributed by atoms with E-state index in [-0.39, 0.29) is 30.5 Å². The second kappa shape index (κ2) is 7.67. The van der Waals surface area contributed by atoms with Crippen LogP contribution in [0.3, 0.4) is 0 Å². The summed E-state index contributed by atoms with van der Waals surface area (Å²) in [6.45, 7) is 3.26. The number of pyridine rings is 1. The zero-order valence-electron chi connectivity index (χ0n) is 15.5. The van der Waals surface area contributed by atoms with E-state index in [0.717, 1.165) is 17.0 Å². The van der Waals surface area contributed by atoms with Gasteiger partial charge in [-0.2, -0.15) is 5.10 Å². The van der Waals surface area contributed by atoms with Crippen molar-refractivity contribution in [1.82, 2.24) is 19.7 Å². The minimum atomic E-state index is -0.481. The molecule has 0 N–H and O–H groups in total. The molecule has 0 spiro atoms. The third-order valence-electron chi connectivity index (χ3n) is 4.66. The number of hydrogen-bond donors (Lipinski definition) is 0. The van der Waals surface area contributed by atoms with Crippen molar-refractivity contribution in [2.75, 3.05) is 13.2 Å². The third-order valence-corrected chi connectivity index (χ3v) is 4.66. The van der Waals surface area contributed by atoms with Crippen LogP contribution in [-0.4, -0.2) is 44.7 Å². The van der Waals surface area contributed by atoms with Crippen LogP contribution in [0.15, 0.2) is 47.2 Å². The minimum Gasteiger partial charge on any atom is -0.461 e. The first-order valence-electron chi connectivity index (χ1n) is 9.15. The predicted molar refractivity (Wildman–Crippen MR) is 98.7 cm³/mol. The van der Waals surface area contributed by atoms with E-state index in [1.807, 2.05) is 18.2 Å². The highest BCUT2D eigenvalue weighted by atomic mass is 16.5. The molecule has 8 nitrogen and oxygen atoms in total. The largest absolute Gasteiger partial charge is 0.461 e. The van der Waals surface area contributed by atoms with E-state index in [1.54, 1.807) is 34.8 Å². The van der Waals surface area contributed by atoms with Gasteiger partial charge in [-0.15, -0.1) is 0 Å². The number of amides is 1. The van der Waals surface area contributed by atoms with Crippen LogP contribution in [-0.2, 0) is 24.2 Å². The SMILES string of the molecule is CCOC(=O)c1nn(Cc2ccccn2)c2c1CN(C(=O)c1ccco1)CC2. The fourth-order valence-corrected chi connectivity index (χ4v) is 3.36. The number of aromatic nitrogens is 3. The van der Waals surface area contributed by atoms with Crippen molar-refractivity contribution in [1.29, 1.82) is 0 Å². The van der Waals surface area contributed by atoms with Gasteiger partial charge >= 0.3 is 5.97 Å². The maximum absolute atomic E-state index is 12.7. The highest BCUT2D eigenvalue weighted by molar-refractivity contribution is 5.92. The van der Waals surface area contributed by atoms with Gasteiger partial charge in [0.25, 0.3) is 5.91 Å². The first-order chi connectivity index (χ1) is 13.7. The molecule has 3 aromatic rings. The smallest absolute Gasteiger partial charge is 0.359 e. The molecule has 0 atom stereocenters. The molecule has 1 aliphatic heterocycles. The van der Waals surface area contributed by atoms with E-state index in [9.17, 15) is 9.59 Å². The van der Waals surface area contributed by atoms with Crippen LogP contribution in [0.1, 0.15) is 44.9 Å². The molecule has 0 saturated carbocycles. The number of ether oxygens (including phenoxy) is 1. The molecule has 0 aliphatic carbocycles. The topological polar surface area (TPSA) is 90.5 Å². The van der Waals surface area contributed by atoms with E-state index < -0.39 is 5.97 Å². The molecule has 0 fully saturated rings. The van der Waals surface area contributed by atoms with Gasteiger partial charge in [0.2, 0.25) is 0 Å². The zero-order chi connectivity index (χ0) is 19.5. The van der Waals surface area contributed by atoms with E-state index in [2.05, 4.69) is 10.1 Å². The lowest BCUT2D eigenvalue weighted by Crippen LogP contribution is -2.36. The molecule has 1 aliphatic rings. The molecule has 1 amide bonds. The van der Waals surface area contributed by atoms with Crippen molar-refractivity contribution in [3.8, 4) is 0 Å². The molecule has 0 radical (unpaired) electrons. The Hall–Kier alpha value is -3.42. The summed E-state index contributed by atoms with van der Waals surface area (Å²) in [4.78, 5) is 31.1. The quantitative estimate of drug-likeness (QED) is 0.631. The van der Waals surface area contributed by atoms with E-state index in [4.69, 9.17) is 9.15 Å². The van der Waals surface area contributed by atoms with Gasteiger partial charge in [0.05, 0.1) is 31.7 Å². The van der Waals surface area contributed by atoms with Crippen molar-refractivity contribution in [3.63, 3.8) is 0 Å². The Labute approximate surface area is 161 Å². The summed E-state index contributed by atoms with van der Waals surface area (Å²) >= 11 is 0. The second-order valence-electron chi connectivity index (χ2n) is 6.43. The highest BCUT2D eigenvalue weighted by Gasteiger charge is 2.31. The summed E-state index contributed by atoms with van der Waals surface area (Å²) in [5.74, 6) is -0.407. The lowest BCUT2D eigenvalue weighted by atomic mass is 10.0. The average Bonchev–Trinajstić information content (AvgIpc) is 3.37. The van der Waals surface area contributed by atoms with Crippen molar-refractivity contribution in [3.05, 3.63) is 71.2 Å². The fourth-order valence-electron chi connectivity index (χ4n) is 3.36. The van der Waals surface area contributed by atoms with Gasteiger partial charge in [0.15, 0.2) is 11.5 Å². The van der Waals surface area contributed by atoms with Crippen LogP contribution >= 0.6 is 0 Å². The lowest BCUT2D eigenvalue weighted by molar-refractivity contribution is 0.0512. The average molecular weight is 380 g/mol. The number of carbonyl (C=O) groups excluding carboxylic acids is 2. The molecular formula is C20H20N4O4. The number of hydrogen-bond acceptors (Lipinski definition) is 6. The number of fused-ring (bicyclic) bond motifs is 1. The Morgan fingerprint density at radius 3 is 2.86 bits per heavy atom. The summed E-state index contributed by atoms with van der Waals surface area (Å²) in [6.07, 6.45) is 3.78. The van der Waals surface area contributed by atoms with E-state index in [0.29, 0.717) is 19.5 Å². The summed E-state index contributed by atoms with van der Waals surface area (Å²) in [5.41, 5.74) is 2.75. The highest BCUT2D eigenvalue weighted by Crippen LogP contribution is 2.25. The Kier molecular flexibility index (Phi) is 4.92. The number of carbonyl (C=O) groups is 2. The summed E-state index contributed by atoms with van der Waals surface area (Å²) in [5, 5.41) is 4.50. The first kappa shape index (κ1) is 18.0. The molecule has 8 heteroatoms. The zero-order valence-corrected chi connectivity index (χ0v) is 15.5. The minimum absolute atomic E-state index is 0.206. The molecular weight excluding hydrogens is 360 g/mol. The Balaban J connectivity index is 1.66. The molecule has 0 saturated heterocycles. The van der Waals surface area contributed by atoms with Gasteiger partial charge in [0, 0.05) is 30.4 Å². The molecule has 4 rings (SSSR count). The molecule has 28 heavy (non-hydrogen) atoms. The lowest BCUT2D eigenvalue weighted by Gasteiger charge is -2.27. The summed E-state index contributed by atoms with van der Waals surface area (Å²) in [6, 6.07) is 8.98. The molecule has 4 heterocycles. The molecule has 0 unspecified atom stereocenters. The van der Waals surface area contributed by atoms with Crippen LogP contribution in [0.4, 0.5) is 0 Å². The van der Waals surface area contributed by atoms with Gasteiger partial charge in [-0.05, 0) is 31.2 Å². The van der Waals surface area contributed by atoms with Gasteiger partial charge in [-0.3, -0.25) is 14.5 Å². The normalized spacial score (nSPS) is 13.2. The summed E-state index contributed by atoms with van der Waals surface area (Å²) in [7, 11) is 0. The van der Waals surface area contributed by atoms with E-state index >= 15 is 0 Å². The Morgan fingerprint density at radius 2 is 2.14 bits per heavy atom. The number of nitrogens with zero attached hydrogens (tertiary/aromatic N) is 4. The monoisotopic (exact) mass is 380 g/mol. The number of rotatable bonds is 5. The van der Waals surface area contributed by atoms with Crippen LogP contribution < -0.4 is 0 Å². The van der Waals surface area contributed by atoms with Gasteiger partial charge in [-0.25, -0.2) is 4.79 Å². The van der Waals surface area contributed by atoms with Crippen LogP contribution in [0.5, 0.6) is 0 Å². The molecule has 0 bridgehead atoms. The van der Waals surface area contributed by atoms with Crippen molar-refractivity contribution in [2.45, 2.75) is 26.4 Å². The predicted octanol–water partition coefficient (Wildman–Crippen LogP) is 2.29. The number of esters is 1. The molecule has 144 valence electrons. The fraction of sp³-hybridized carbons (Fsp3) is 0.300. The maximum Gasteiger partial charge on any atom is 0.359 e. The van der Waals surface area contributed by atoms with Gasteiger partial charge in [0.1, 0.15) is 0 Å². The Bertz CT molecular complexity index is 979. The first-order valence-corrected chi connectivity index (χ1v) is 9.15. The molecule has 0 aromatic carbocycles.